The Labute approximate surface area is 130 Å². The standard InChI is InChI=1S/C16H11N3S2/c20-16-17-9-14(11-4-2-1-3-5-11)19(16)12-6-7-13-15(8-12)21-10-18-13/h1-10H,(H,17,20). The Morgan fingerprint density at radius 3 is 2.81 bits per heavy atom. The third kappa shape index (κ3) is 2.11. The van der Waals surface area contributed by atoms with E-state index in [2.05, 4.69) is 38.8 Å². The first-order valence-electron chi connectivity index (χ1n) is 6.52. The molecule has 0 spiro atoms. The number of H-pyrrole nitrogens is 1. The number of hydrogen-bond donors (Lipinski definition) is 1. The molecule has 0 bridgehead atoms. The van der Waals surface area contributed by atoms with Gasteiger partial charge >= 0.3 is 0 Å². The van der Waals surface area contributed by atoms with Gasteiger partial charge in [0, 0.05) is 17.4 Å². The van der Waals surface area contributed by atoms with Gasteiger partial charge in [-0.1, -0.05) is 30.3 Å². The van der Waals surface area contributed by atoms with Crippen molar-refractivity contribution in [2.24, 2.45) is 0 Å². The average molecular weight is 309 g/mol. The average Bonchev–Trinajstić information content (AvgIpc) is 3.13. The molecule has 0 saturated heterocycles. The Morgan fingerprint density at radius 2 is 1.95 bits per heavy atom. The van der Waals surface area contributed by atoms with Crippen molar-refractivity contribution in [1.82, 2.24) is 14.5 Å². The van der Waals surface area contributed by atoms with Crippen LogP contribution in [-0.4, -0.2) is 14.5 Å². The van der Waals surface area contributed by atoms with Gasteiger partial charge in [0.2, 0.25) is 0 Å². The first-order chi connectivity index (χ1) is 10.3. The van der Waals surface area contributed by atoms with E-state index in [-0.39, 0.29) is 0 Å². The number of aromatic amines is 1. The third-order valence-corrected chi connectivity index (χ3v) is 4.51. The van der Waals surface area contributed by atoms with E-state index in [1.54, 1.807) is 11.3 Å². The Hall–Kier alpha value is -2.24. The summed E-state index contributed by atoms with van der Waals surface area (Å²) in [7, 11) is 0. The second-order valence-electron chi connectivity index (χ2n) is 4.68. The van der Waals surface area contributed by atoms with Crippen molar-refractivity contribution >= 4 is 33.8 Å². The molecule has 5 heteroatoms. The van der Waals surface area contributed by atoms with Crippen molar-refractivity contribution in [1.29, 1.82) is 0 Å². The molecular weight excluding hydrogens is 298 g/mol. The molecule has 21 heavy (non-hydrogen) atoms. The topological polar surface area (TPSA) is 33.6 Å². The van der Waals surface area contributed by atoms with Gasteiger partial charge in [-0.3, -0.25) is 4.57 Å². The van der Waals surface area contributed by atoms with Crippen molar-refractivity contribution in [2.45, 2.75) is 0 Å². The van der Waals surface area contributed by atoms with Gasteiger partial charge in [-0.05, 0) is 30.4 Å². The number of hydrogen-bond acceptors (Lipinski definition) is 3. The molecule has 3 nitrogen and oxygen atoms in total. The lowest BCUT2D eigenvalue weighted by molar-refractivity contribution is 1.04. The molecule has 0 aliphatic rings. The molecular formula is C16H11N3S2. The molecule has 2 aromatic heterocycles. The number of rotatable bonds is 2. The Morgan fingerprint density at radius 1 is 1.10 bits per heavy atom. The van der Waals surface area contributed by atoms with E-state index in [1.165, 1.54) is 0 Å². The lowest BCUT2D eigenvalue weighted by atomic mass is 10.1. The summed E-state index contributed by atoms with van der Waals surface area (Å²) in [5, 5.41) is 0. The van der Waals surface area contributed by atoms with Gasteiger partial charge in [0.15, 0.2) is 4.77 Å². The number of benzene rings is 2. The molecule has 0 saturated carbocycles. The fraction of sp³-hybridized carbons (Fsp3) is 0. The number of fused-ring (bicyclic) bond motifs is 1. The first kappa shape index (κ1) is 12.5. The van der Waals surface area contributed by atoms with Crippen molar-refractivity contribution < 1.29 is 0 Å². The van der Waals surface area contributed by atoms with E-state index >= 15 is 0 Å². The highest BCUT2D eigenvalue weighted by Crippen LogP contribution is 2.26. The van der Waals surface area contributed by atoms with E-state index in [9.17, 15) is 0 Å². The molecule has 0 amide bonds. The van der Waals surface area contributed by atoms with Crippen molar-refractivity contribution in [3.05, 3.63) is 65.0 Å². The normalized spacial score (nSPS) is 11.0. The SMILES string of the molecule is S=c1[nH]cc(-c2ccccc2)n1-c1ccc2ncsc2c1. The van der Waals surface area contributed by atoms with E-state index in [0.29, 0.717) is 4.77 Å². The maximum atomic E-state index is 5.45. The zero-order chi connectivity index (χ0) is 14.2. The highest BCUT2D eigenvalue weighted by atomic mass is 32.1. The summed E-state index contributed by atoms with van der Waals surface area (Å²) in [5.41, 5.74) is 6.13. The minimum Gasteiger partial charge on any atom is -0.336 e. The summed E-state index contributed by atoms with van der Waals surface area (Å²) in [4.78, 5) is 7.46. The summed E-state index contributed by atoms with van der Waals surface area (Å²) in [6.45, 7) is 0. The van der Waals surface area contributed by atoms with Gasteiger partial charge in [0.05, 0.1) is 21.4 Å². The molecule has 1 N–H and O–H groups in total. The summed E-state index contributed by atoms with van der Waals surface area (Å²) in [6.07, 6.45) is 1.95. The first-order valence-corrected chi connectivity index (χ1v) is 7.81. The van der Waals surface area contributed by atoms with Crippen LogP contribution in [0.2, 0.25) is 0 Å². The van der Waals surface area contributed by atoms with Gasteiger partial charge in [-0.15, -0.1) is 11.3 Å². The highest BCUT2D eigenvalue weighted by molar-refractivity contribution is 7.71. The minimum absolute atomic E-state index is 0.692. The van der Waals surface area contributed by atoms with Crippen LogP contribution in [-0.2, 0) is 0 Å². The molecule has 0 fully saturated rings. The predicted molar refractivity (Wildman–Crippen MR) is 89.6 cm³/mol. The van der Waals surface area contributed by atoms with Gasteiger partial charge in [0.1, 0.15) is 0 Å². The third-order valence-electron chi connectivity index (χ3n) is 3.42. The zero-order valence-corrected chi connectivity index (χ0v) is 12.6. The number of aromatic nitrogens is 3. The smallest absolute Gasteiger partial charge is 0.182 e. The summed E-state index contributed by atoms with van der Waals surface area (Å²) < 4.78 is 3.91. The maximum Gasteiger partial charge on any atom is 0.182 e. The molecule has 0 radical (unpaired) electrons. The summed E-state index contributed by atoms with van der Waals surface area (Å²) in [6, 6.07) is 16.5. The zero-order valence-electron chi connectivity index (χ0n) is 11.0. The fourth-order valence-electron chi connectivity index (χ4n) is 2.43. The van der Waals surface area contributed by atoms with Crippen LogP contribution in [0.1, 0.15) is 0 Å². The maximum absolute atomic E-state index is 5.45. The van der Waals surface area contributed by atoms with Crippen LogP contribution < -0.4 is 0 Å². The van der Waals surface area contributed by atoms with E-state index < -0.39 is 0 Å². The summed E-state index contributed by atoms with van der Waals surface area (Å²) >= 11 is 7.09. The lowest BCUT2D eigenvalue weighted by Crippen LogP contribution is -1.96. The lowest BCUT2D eigenvalue weighted by Gasteiger charge is -2.08. The molecule has 2 heterocycles. The van der Waals surface area contributed by atoms with E-state index in [0.717, 1.165) is 27.2 Å². The van der Waals surface area contributed by atoms with Gasteiger partial charge in [0.25, 0.3) is 0 Å². The molecule has 4 aromatic rings. The van der Waals surface area contributed by atoms with Gasteiger partial charge < -0.3 is 4.98 Å². The predicted octanol–water partition coefficient (Wildman–Crippen LogP) is 4.81. The molecule has 2 aromatic carbocycles. The molecule has 0 aliphatic heterocycles. The fourth-order valence-corrected chi connectivity index (χ4v) is 3.40. The minimum atomic E-state index is 0.692. The van der Waals surface area contributed by atoms with Crippen LogP contribution in [0.3, 0.4) is 0 Å². The van der Waals surface area contributed by atoms with Crippen LogP contribution in [0.25, 0.3) is 27.2 Å². The van der Waals surface area contributed by atoms with E-state index in [1.807, 2.05) is 36.0 Å². The quantitative estimate of drug-likeness (QED) is 0.539. The Balaban J connectivity index is 1.96. The van der Waals surface area contributed by atoms with E-state index in [4.69, 9.17) is 12.2 Å². The molecule has 0 aliphatic carbocycles. The summed E-state index contributed by atoms with van der Waals surface area (Å²) in [5.74, 6) is 0. The molecule has 102 valence electrons. The monoisotopic (exact) mass is 309 g/mol. The largest absolute Gasteiger partial charge is 0.336 e. The number of nitrogens with zero attached hydrogens (tertiary/aromatic N) is 2. The van der Waals surface area contributed by atoms with Crippen molar-refractivity contribution in [3.8, 4) is 16.9 Å². The second kappa shape index (κ2) is 4.95. The van der Waals surface area contributed by atoms with Crippen molar-refractivity contribution in [3.63, 3.8) is 0 Å². The highest BCUT2D eigenvalue weighted by Gasteiger charge is 2.09. The van der Waals surface area contributed by atoms with Crippen LogP contribution >= 0.6 is 23.6 Å². The van der Waals surface area contributed by atoms with Gasteiger partial charge in [-0.25, -0.2) is 4.98 Å². The van der Waals surface area contributed by atoms with Crippen LogP contribution in [0.15, 0.2) is 60.2 Å². The molecule has 4 rings (SSSR count). The van der Waals surface area contributed by atoms with Crippen LogP contribution in [0.4, 0.5) is 0 Å². The van der Waals surface area contributed by atoms with Crippen LogP contribution in [0.5, 0.6) is 0 Å². The van der Waals surface area contributed by atoms with Crippen molar-refractivity contribution in [2.75, 3.05) is 0 Å². The number of thiazole rings is 1. The Bertz CT molecular complexity index is 964. The number of imidazole rings is 1. The molecule has 0 unspecified atom stereocenters. The second-order valence-corrected chi connectivity index (χ2v) is 5.96. The Kier molecular flexibility index (Phi) is 2.94. The van der Waals surface area contributed by atoms with Crippen LogP contribution in [0, 0.1) is 4.77 Å². The van der Waals surface area contributed by atoms with Gasteiger partial charge in [-0.2, -0.15) is 0 Å². The molecule has 0 atom stereocenters. The number of nitrogens with one attached hydrogen (secondary N) is 1.